The molecule has 0 bridgehead atoms. The van der Waals surface area contributed by atoms with E-state index >= 15 is 0 Å². The number of hydrogen-bond donors (Lipinski definition) is 1. The molecular formula is C24H24Cl2N2O3. The summed E-state index contributed by atoms with van der Waals surface area (Å²) in [5, 5.41) is 3.93. The van der Waals surface area contributed by atoms with Crippen molar-refractivity contribution in [1.29, 1.82) is 0 Å². The molecule has 0 aromatic heterocycles. The fraction of sp³-hybridized carbons (Fsp3) is 0.333. The Hall–Kier alpha value is -2.68. The Balaban J connectivity index is 1.64. The Morgan fingerprint density at radius 1 is 1.10 bits per heavy atom. The van der Waals surface area contributed by atoms with Gasteiger partial charge < -0.3 is 10.1 Å². The lowest BCUT2D eigenvalue weighted by molar-refractivity contribution is -0.120. The van der Waals surface area contributed by atoms with Crippen LogP contribution in [0.5, 0.6) is 0 Å². The summed E-state index contributed by atoms with van der Waals surface area (Å²) < 4.78 is 5.42. The number of rotatable bonds is 2. The first-order valence-corrected chi connectivity index (χ1v) is 10.8. The fourth-order valence-electron chi connectivity index (χ4n) is 3.17. The van der Waals surface area contributed by atoms with Crippen molar-refractivity contribution in [3.63, 3.8) is 0 Å². The number of anilines is 1. The molecule has 5 nitrogen and oxygen atoms in total. The topological polar surface area (TPSA) is 58.6 Å². The van der Waals surface area contributed by atoms with Crippen molar-refractivity contribution in [1.82, 2.24) is 4.90 Å². The van der Waals surface area contributed by atoms with Gasteiger partial charge in [-0.1, -0.05) is 35.0 Å². The molecule has 1 atom stereocenters. The summed E-state index contributed by atoms with van der Waals surface area (Å²) in [5.41, 5.74) is 1.50. The van der Waals surface area contributed by atoms with Crippen LogP contribution in [0, 0.1) is 11.8 Å². The maximum Gasteiger partial charge on any atom is 0.410 e. The molecule has 1 aliphatic heterocycles. The number of nitrogens with zero attached hydrogens (tertiary/aromatic N) is 1. The Labute approximate surface area is 192 Å². The second kappa shape index (κ2) is 9.64. The van der Waals surface area contributed by atoms with Gasteiger partial charge in [-0.25, -0.2) is 4.79 Å². The monoisotopic (exact) mass is 458 g/mol. The zero-order chi connectivity index (χ0) is 22.6. The van der Waals surface area contributed by atoms with Crippen LogP contribution in [0.1, 0.15) is 44.7 Å². The number of halogens is 2. The van der Waals surface area contributed by atoms with Crippen molar-refractivity contribution in [2.75, 3.05) is 11.9 Å². The molecular weight excluding hydrogens is 435 g/mol. The molecule has 0 aliphatic carbocycles. The largest absolute Gasteiger partial charge is 0.444 e. The molecule has 7 heteroatoms. The number of amides is 2. The first-order chi connectivity index (χ1) is 14.6. The van der Waals surface area contributed by atoms with Gasteiger partial charge in [0.1, 0.15) is 11.6 Å². The average molecular weight is 459 g/mol. The lowest BCUT2D eigenvalue weighted by Gasteiger charge is -2.28. The van der Waals surface area contributed by atoms with E-state index < -0.39 is 17.7 Å². The third-order valence-electron chi connectivity index (χ3n) is 4.61. The summed E-state index contributed by atoms with van der Waals surface area (Å²) >= 11 is 12.0. The fourth-order valence-corrected chi connectivity index (χ4v) is 3.63. The Bertz CT molecular complexity index is 1030. The van der Waals surface area contributed by atoms with Gasteiger partial charge >= 0.3 is 6.09 Å². The molecule has 1 aliphatic rings. The van der Waals surface area contributed by atoms with Gasteiger partial charge in [0, 0.05) is 28.4 Å². The zero-order valence-corrected chi connectivity index (χ0v) is 19.2. The van der Waals surface area contributed by atoms with E-state index in [4.69, 9.17) is 27.9 Å². The number of nitrogens with one attached hydrogen (secondary N) is 1. The van der Waals surface area contributed by atoms with Gasteiger partial charge in [0.15, 0.2) is 0 Å². The van der Waals surface area contributed by atoms with E-state index in [1.165, 1.54) is 4.90 Å². The summed E-state index contributed by atoms with van der Waals surface area (Å²) in [7, 11) is 0. The van der Waals surface area contributed by atoms with Crippen LogP contribution in [0.25, 0.3) is 0 Å². The van der Waals surface area contributed by atoms with Crippen molar-refractivity contribution >= 4 is 40.9 Å². The SMILES string of the molecule is CC(C)(C)OC(=O)N1CCC[C@@H]1C(=O)Nc1ccc(C#Cc2ccc(Cl)cc2Cl)cc1. The van der Waals surface area contributed by atoms with E-state index in [9.17, 15) is 9.59 Å². The van der Waals surface area contributed by atoms with Crippen LogP contribution in [0.4, 0.5) is 10.5 Å². The molecule has 0 unspecified atom stereocenters. The van der Waals surface area contributed by atoms with Crippen molar-refractivity contribution in [3.05, 3.63) is 63.6 Å². The summed E-state index contributed by atoms with van der Waals surface area (Å²) in [4.78, 5) is 26.6. The third kappa shape index (κ3) is 6.40. The molecule has 1 N–H and O–H groups in total. The highest BCUT2D eigenvalue weighted by Crippen LogP contribution is 2.23. The molecule has 2 amide bonds. The lowest BCUT2D eigenvalue weighted by atomic mass is 10.1. The number of carbonyl (C=O) groups is 2. The molecule has 162 valence electrons. The van der Waals surface area contributed by atoms with Gasteiger partial charge in [-0.2, -0.15) is 0 Å². The van der Waals surface area contributed by atoms with E-state index in [-0.39, 0.29) is 5.91 Å². The van der Waals surface area contributed by atoms with Crippen LogP contribution in [0.15, 0.2) is 42.5 Å². The second-order valence-electron chi connectivity index (χ2n) is 8.27. The number of benzene rings is 2. The summed E-state index contributed by atoms with van der Waals surface area (Å²) in [5.74, 6) is 5.83. The highest BCUT2D eigenvalue weighted by atomic mass is 35.5. The first kappa shape index (κ1) is 23.0. The number of carbonyl (C=O) groups excluding carboxylic acids is 2. The minimum absolute atomic E-state index is 0.227. The summed E-state index contributed by atoms with van der Waals surface area (Å²) in [6.45, 7) is 5.93. The molecule has 2 aromatic rings. The van der Waals surface area contributed by atoms with Crippen molar-refractivity contribution in [2.45, 2.75) is 45.3 Å². The van der Waals surface area contributed by atoms with E-state index in [2.05, 4.69) is 17.2 Å². The van der Waals surface area contributed by atoms with E-state index in [0.717, 1.165) is 12.0 Å². The van der Waals surface area contributed by atoms with Crippen LogP contribution < -0.4 is 5.32 Å². The molecule has 0 radical (unpaired) electrons. The predicted octanol–water partition coefficient (Wildman–Crippen LogP) is 5.73. The minimum atomic E-state index is -0.603. The maximum atomic E-state index is 12.7. The quantitative estimate of drug-likeness (QED) is 0.584. The van der Waals surface area contributed by atoms with Gasteiger partial charge in [-0.15, -0.1) is 0 Å². The van der Waals surface area contributed by atoms with Crippen LogP contribution in [0.3, 0.4) is 0 Å². The van der Waals surface area contributed by atoms with Gasteiger partial charge in [0.05, 0.1) is 5.02 Å². The van der Waals surface area contributed by atoms with Crippen LogP contribution in [0.2, 0.25) is 10.0 Å². The van der Waals surface area contributed by atoms with Gasteiger partial charge in [-0.05, 0) is 76.1 Å². The van der Waals surface area contributed by atoms with Crippen LogP contribution in [-0.2, 0) is 9.53 Å². The average Bonchev–Trinajstić information content (AvgIpc) is 3.17. The normalized spacial score (nSPS) is 15.8. The molecule has 3 rings (SSSR count). The van der Waals surface area contributed by atoms with Crippen LogP contribution in [-0.4, -0.2) is 35.1 Å². The maximum absolute atomic E-state index is 12.7. The Morgan fingerprint density at radius 2 is 1.81 bits per heavy atom. The standard InChI is InChI=1S/C24H24Cl2N2O3/c1-24(2,3)31-23(30)28-14-4-5-21(28)22(29)27-19-12-7-16(8-13-19)6-9-17-10-11-18(25)15-20(17)26/h7-8,10-13,15,21H,4-5,14H2,1-3H3,(H,27,29)/t21-/m1/s1. The summed E-state index contributed by atoms with van der Waals surface area (Å²) in [6, 6.07) is 11.8. The predicted molar refractivity (Wildman–Crippen MR) is 123 cm³/mol. The smallest absolute Gasteiger partial charge is 0.410 e. The van der Waals surface area contributed by atoms with Crippen molar-refractivity contribution in [3.8, 4) is 11.8 Å². The third-order valence-corrected chi connectivity index (χ3v) is 5.16. The van der Waals surface area contributed by atoms with Crippen LogP contribution >= 0.6 is 23.2 Å². The Kier molecular flexibility index (Phi) is 7.15. The van der Waals surface area contributed by atoms with E-state index in [1.54, 1.807) is 51.1 Å². The van der Waals surface area contributed by atoms with Gasteiger partial charge in [-0.3, -0.25) is 9.69 Å². The molecule has 1 fully saturated rings. The highest BCUT2D eigenvalue weighted by molar-refractivity contribution is 6.35. The number of hydrogen-bond acceptors (Lipinski definition) is 3. The van der Waals surface area contributed by atoms with Crippen molar-refractivity contribution in [2.24, 2.45) is 0 Å². The highest BCUT2D eigenvalue weighted by Gasteiger charge is 2.36. The first-order valence-electron chi connectivity index (χ1n) is 10.00. The molecule has 0 spiro atoms. The summed E-state index contributed by atoms with van der Waals surface area (Å²) in [6.07, 6.45) is 0.909. The van der Waals surface area contributed by atoms with E-state index in [1.807, 2.05) is 12.1 Å². The van der Waals surface area contributed by atoms with Crippen molar-refractivity contribution < 1.29 is 14.3 Å². The number of likely N-dealkylation sites (tertiary alicyclic amines) is 1. The van der Waals surface area contributed by atoms with Gasteiger partial charge in [0.2, 0.25) is 5.91 Å². The molecule has 2 aromatic carbocycles. The second-order valence-corrected chi connectivity index (χ2v) is 9.12. The Morgan fingerprint density at radius 3 is 2.45 bits per heavy atom. The molecule has 1 heterocycles. The lowest BCUT2D eigenvalue weighted by Crippen LogP contribution is -2.45. The number of ether oxygens (including phenoxy) is 1. The molecule has 0 saturated carbocycles. The molecule has 31 heavy (non-hydrogen) atoms. The van der Waals surface area contributed by atoms with E-state index in [0.29, 0.717) is 34.3 Å². The van der Waals surface area contributed by atoms with Gasteiger partial charge in [0.25, 0.3) is 0 Å². The zero-order valence-electron chi connectivity index (χ0n) is 17.7. The molecule has 1 saturated heterocycles. The minimum Gasteiger partial charge on any atom is -0.444 e.